The van der Waals surface area contributed by atoms with E-state index in [9.17, 15) is 9.90 Å². The molecule has 1 aromatic carbocycles. The van der Waals surface area contributed by atoms with Gasteiger partial charge in [-0.2, -0.15) is 0 Å². The smallest absolute Gasteiger partial charge is 0.325 e. The molecule has 1 aromatic heterocycles. The van der Waals surface area contributed by atoms with Crippen LogP contribution in [0, 0.1) is 0 Å². The zero-order valence-corrected chi connectivity index (χ0v) is 20.6. The molecule has 0 radical (unpaired) electrons. The summed E-state index contributed by atoms with van der Waals surface area (Å²) in [6.45, 7) is 3.11. The maximum Gasteiger partial charge on any atom is 0.325 e. The highest BCUT2D eigenvalue weighted by Crippen LogP contribution is 2.46. The van der Waals surface area contributed by atoms with Gasteiger partial charge in [0.15, 0.2) is 0 Å². The largest absolute Gasteiger partial charge is 0.480 e. The molecule has 2 aliphatic heterocycles. The number of aliphatic carboxylic acids is 1. The fraction of sp³-hybridized carbons (Fsp3) is 0.571. The number of anilines is 1. The number of nitrogens with zero attached hydrogens (tertiary/aromatic N) is 2. The highest BCUT2D eigenvalue weighted by Gasteiger charge is 2.43. The van der Waals surface area contributed by atoms with Crippen molar-refractivity contribution in [2.24, 2.45) is 0 Å². The van der Waals surface area contributed by atoms with E-state index in [0.717, 1.165) is 74.3 Å². The average Bonchev–Trinajstić information content (AvgIpc) is 3.53. The molecule has 0 amide bonds. The van der Waals surface area contributed by atoms with E-state index in [0.29, 0.717) is 19.1 Å². The van der Waals surface area contributed by atoms with E-state index in [1.54, 1.807) is 7.11 Å². The SMILES string of the molecule is CO[C@H]1C[C@H]1c1ccccc1C(C(=O)O)N1CC[C@@H](OCCCCc2ccc3c(n2)NCCC3)C1. The summed E-state index contributed by atoms with van der Waals surface area (Å²) in [6, 6.07) is 11.7. The number of nitrogens with one attached hydrogen (secondary N) is 1. The van der Waals surface area contributed by atoms with Crippen molar-refractivity contribution in [1.82, 2.24) is 9.88 Å². The van der Waals surface area contributed by atoms with Crippen molar-refractivity contribution >= 4 is 11.8 Å². The number of ether oxygens (including phenoxy) is 2. The number of benzene rings is 1. The monoisotopic (exact) mass is 479 g/mol. The minimum absolute atomic E-state index is 0.0859. The Balaban J connectivity index is 1.10. The number of rotatable bonds is 11. The van der Waals surface area contributed by atoms with Crippen molar-refractivity contribution in [3.8, 4) is 0 Å². The highest BCUT2D eigenvalue weighted by molar-refractivity contribution is 5.76. The molecule has 188 valence electrons. The second-order valence-electron chi connectivity index (χ2n) is 10.1. The Bertz CT molecular complexity index is 1030. The van der Waals surface area contributed by atoms with Gasteiger partial charge in [-0.15, -0.1) is 0 Å². The Kier molecular flexibility index (Phi) is 7.66. The minimum Gasteiger partial charge on any atom is -0.480 e. The first kappa shape index (κ1) is 24.2. The van der Waals surface area contributed by atoms with Gasteiger partial charge in [0.1, 0.15) is 11.9 Å². The Morgan fingerprint density at radius 2 is 2.14 bits per heavy atom. The van der Waals surface area contributed by atoms with Crippen molar-refractivity contribution in [2.75, 3.05) is 38.7 Å². The number of pyridine rings is 1. The summed E-state index contributed by atoms with van der Waals surface area (Å²) in [4.78, 5) is 19.2. The first-order valence-electron chi connectivity index (χ1n) is 13.1. The molecule has 2 fully saturated rings. The number of aryl methyl sites for hydroxylation is 2. The van der Waals surface area contributed by atoms with Gasteiger partial charge >= 0.3 is 5.97 Å². The van der Waals surface area contributed by atoms with Crippen LogP contribution < -0.4 is 5.32 Å². The molecule has 4 atom stereocenters. The van der Waals surface area contributed by atoms with Gasteiger partial charge in [0, 0.05) is 45.0 Å². The quantitative estimate of drug-likeness (QED) is 0.468. The third-order valence-corrected chi connectivity index (χ3v) is 7.63. The number of methoxy groups -OCH3 is 1. The van der Waals surface area contributed by atoms with Gasteiger partial charge in [0.2, 0.25) is 0 Å². The van der Waals surface area contributed by atoms with Crippen LogP contribution in [0.25, 0.3) is 0 Å². The standard InChI is InChI=1S/C28H37N3O4/c1-34-25-17-24(25)22-9-2-3-10-23(22)26(28(32)33)31-15-13-21(18-31)35-16-5-4-8-20-12-11-19-7-6-14-29-27(19)30-20/h2-3,9-12,21,24-26H,4-8,13-18H2,1H3,(H,29,30)(H,32,33)/t21-,24+,25+,26?/m1/s1. The zero-order chi connectivity index (χ0) is 24.2. The number of hydrogen-bond donors (Lipinski definition) is 2. The summed E-state index contributed by atoms with van der Waals surface area (Å²) >= 11 is 0. The Morgan fingerprint density at radius 3 is 2.97 bits per heavy atom. The van der Waals surface area contributed by atoms with Crippen molar-refractivity contribution in [3.05, 3.63) is 58.8 Å². The van der Waals surface area contributed by atoms with Gasteiger partial charge in [-0.3, -0.25) is 9.69 Å². The minimum atomic E-state index is -0.792. The van der Waals surface area contributed by atoms with Gasteiger partial charge in [-0.05, 0) is 67.7 Å². The topological polar surface area (TPSA) is 83.9 Å². The Hall–Kier alpha value is -2.48. The predicted octanol–water partition coefficient (Wildman–Crippen LogP) is 4.18. The van der Waals surface area contributed by atoms with Crippen LogP contribution in [0.2, 0.25) is 0 Å². The summed E-state index contributed by atoms with van der Waals surface area (Å²) in [6.07, 6.45) is 7.39. The first-order chi connectivity index (χ1) is 17.1. The molecule has 2 aromatic rings. The number of likely N-dealkylation sites (tertiary alicyclic amines) is 1. The number of carboxylic acid groups (broad SMARTS) is 1. The molecule has 1 saturated heterocycles. The van der Waals surface area contributed by atoms with Crippen LogP contribution >= 0.6 is 0 Å². The van der Waals surface area contributed by atoms with E-state index in [1.807, 2.05) is 18.2 Å². The van der Waals surface area contributed by atoms with E-state index in [-0.39, 0.29) is 12.2 Å². The van der Waals surface area contributed by atoms with Gasteiger partial charge in [0.25, 0.3) is 0 Å². The molecule has 3 heterocycles. The van der Waals surface area contributed by atoms with Crippen LogP contribution in [0.15, 0.2) is 36.4 Å². The number of aromatic nitrogens is 1. The molecule has 1 aliphatic carbocycles. The van der Waals surface area contributed by atoms with E-state index in [2.05, 4.69) is 28.4 Å². The molecule has 0 bridgehead atoms. The van der Waals surface area contributed by atoms with Crippen LogP contribution in [0.4, 0.5) is 5.82 Å². The lowest BCUT2D eigenvalue weighted by Crippen LogP contribution is -2.34. The second kappa shape index (κ2) is 11.1. The Labute approximate surface area is 207 Å². The maximum absolute atomic E-state index is 12.3. The number of fused-ring (bicyclic) bond motifs is 1. The maximum atomic E-state index is 12.3. The summed E-state index contributed by atoms with van der Waals surface area (Å²) in [5.41, 5.74) is 4.48. The van der Waals surface area contributed by atoms with Gasteiger partial charge < -0.3 is 19.9 Å². The summed E-state index contributed by atoms with van der Waals surface area (Å²) in [5.74, 6) is 0.567. The van der Waals surface area contributed by atoms with E-state index in [4.69, 9.17) is 14.5 Å². The lowest BCUT2D eigenvalue weighted by Gasteiger charge is -2.26. The van der Waals surface area contributed by atoms with Crippen molar-refractivity contribution in [1.29, 1.82) is 0 Å². The van der Waals surface area contributed by atoms with Crippen LogP contribution in [0.3, 0.4) is 0 Å². The molecule has 7 nitrogen and oxygen atoms in total. The molecule has 35 heavy (non-hydrogen) atoms. The molecule has 2 N–H and O–H groups in total. The van der Waals surface area contributed by atoms with Crippen LogP contribution in [-0.2, 0) is 27.1 Å². The van der Waals surface area contributed by atoms with Crippen molar-refractivity contribution in [3.63, 3.8) is 0 Å². The molecule has 3 aliphatic rings. The number of carbonyl (C=O) groups is 1. The highest BCUT2D eigenvalue weighted by atomic mass is 16.5. The summed E-state index contributed by atoms with van der Waals surface area (Å²) < 4.78 is 11.7. The molecular formula is C28H37N3O4. The van der Waals surface area contributed by atoms with Gasteiger partial charge in [-0.1, -0.05) is 30.3 Å². The van der Waals surface area contributed by atoms with Crippen molar-refractivity contribution in [2.45, 2.75) is 69.1 Å². The average molecular weight is 480 g/mol. The van der Waals surface area contributed by atoms with Crippen molar-refractivity contribution < 1.29 is 19.4 Å². The van der Waals surface area contributed by atoms with Crippen LogP contribution in [0.5, 0.6) is 0 Å². The first-order valence-corrected chi connectivity index (χ1v) is 13.1. The van der Waals surface area contributed by atoms with Gasteiger partial charge in [-0.25, -0.2) is 4.98 Å². The molecule has 1 saturated carbocycles. The lowest BCUT2D eigenvalue weighted by molar-refractivity contribution is -0.143. The van der Waals surface area contributed by atoms with E-state index >= 15 is 0 Å². The number of hydrogen-bond acceptors (Lipinski definition) is 6. The van der Waals surface area contributed by atoms with E-state index < -0.39 is 12.0 Å². The normalized spacial score (nSPS) is 24.5. The van der Waals surface area contributed by atoms with Crippen LogP contribution in [0.1, 0.15) is 66.4 Å². The lowest BCUT2D eigenvalue weighted by atomic mass is 9.96. The molecule has 7 heteroatoms. The molecule has 5 rings (SSSR count). The fourth-order valence-electron chi connectivity index (χ4n) is 5.63. The van der Waals surface area contributed by atoms with Gasteiger partial charge in [0.05, 0.1) is 12.2 Å². The third-order valence-electron chi connectivity index (χ3n) is 7.63. The van der Waals surface area contributed by atoms with Crippen LogP contribution in [-0.4, -0.2) is 66.5 Å². The molecular weight excluding hydrogens is 442 g/mol. The number of carboxylic acids is 1. The molecule has 0 spiro atoms. The second-order valence-corrected chi connectivity index (χ2v) is 10.1. The Morgan fingerprint density at radius 1 is 1.26 bits per heavy atom. The third kappa shape index (κ3) is 5.68. The predicted molar refractivity (Wildman–Crippen MR) is 135 cm³/mol. The summed E-state index contributed by atoms with van der Waals surface area (Å²) in [5, 5.41) is 13.5. The molecule has 1 unspecified atom stereocenters. The number of unbranched alkanes of at least 4 members (excludes halogenated alkanes) is 1. The van der Waals surface area contributed by atoms with E-state index in [1.165, 1.54) is 12.0 Å². The summed E-state index contributed by atoms with van der Waals surface area (Å²) in [7, 11) is 1.73. The zero-order valence-electron chi connectivity index (χ0n) is 20.6. The fourth-order valence-corrected chi connectivity index (χ4v) is 5.63.